The highest BCUT2D eigenvalue weighted by Gasteiger charge is 2.42. The molecule has 0 heterocycles. The maximum atomic E-state index is 2.56. The van der Waals surface area contributed by atoms with Crippen LogP contribution in [0.25, 0.3) is 0 Å². The molecule has 0 aliphatic rings. The van der Waals surface area contributed by atoms with E-state index in [0.717, 1.165) is 0 Å². The minimum absolute atomic E-state index is 0.500. The van der Waals surface area contributed by atoms with E-state index < -0.39 is 8.07 Å². The molecule has 1 aromatic carbocycles. The fraction of sp³-hybridized carbons (Fsp3) is 0.667. The number of rotatable bonds is 9. The van der Waals surface area contributed by atoms with Crippen LogP contribution >= 0.6 is 11.8 Å². The third-order valence-electron chi connectivity index (χ3n) is 4.29. The Morgan fingerprint density at radius 2 is 1.40 bits per heavy atom. The van der Waals surface area contributed by atoms with Gasteiger partial charge in [0, 0.05) is 9.27 Å². The summed E-state index contributed by atoms with van der Waals surface area (Å²) in [5, 5.41) is 0. The lowest BCUT2D eigenvalue weighted by Crippen LogP contribution is -2.49. The van der Waals surface area contributed by atoms with Crippen molar-refractivity contribution in [3.8, 4) is 0 Å². The summed E-state index contributed by atoms with van der Waals surface area (Å²) in [5.41, 5.74) is 0. The van der Waals surface area contributed by atoms with Crippen molar-refractivity contribution in [3.05, 3.63) is 30.3 Å². The molecule has 114 valence electrons. The number of hydrogen-bond donors (Lipinski definition) is 0. The quantitative estimate of drug-likeness (QED) is 0.358. The molecule has 0 unspecified atom stereocenters. The van der Waals surface area contributed by atoms with E-state index in [1.165, 1.54) is 43.4 Å². The Morgan fingerprint density at radius 3 is 1.80 bits per heavy atom. The molecule has 0 atom stereocenters. The summed E-state index contributed by atoms with van der Waals surface area (Å²) < 4.78 is 0.500. The minimum atomic E-state index is -1.23. The first kappa shape index (κ1) is 17.8. The molecule has 0 saturated carbocycles. The molecule has 2 heteroatoms. The fourth-order valence-corrected chi connectivity index (χ4v) is 7.44. The van der Waals surface area contributed by atoms with Gasteiger partial charge < -0.3 is 0 Å². The van der Waals surface area contributed by atoms with Gasteiger partial charge in [-0.25, -0.2) is 0 Å². The van der Waals surface area contributed by atoms with Crippen molar-refractivity contribution in [1.82, 2.24) is 0 Å². The molecule has 0 spiro atoms. The molecule has 0 amide bonds. The van der Waals surface area contributed by atoms with Crippen LogP contribution in [0.15, 0.2) is 35.2 Å². The first-order chi connectivity index (χ1) is 9.45. The number of hydrogen-bond acceptors (Lipinski definition) is 1. The van der Waals surface area contributed by atoms with Crippen LogP contribution in [-0.2, 0) is 0 Å². The molecule has 1 aromatic rings. The third-order valence-corrected chi connectivity index (χ3v) is 11.0. The van der Waals surface area contributed by atoms with Crippen molar-refractivity contribution in [1.29, 1.82) is 0 Å². The van der Waals surface area contributed by atoms with Gasteiger partial charge in [0.05, 0.1) is 8.07 Å². The molecular weight excluding hydrogens is 276 g/mol. The molecule has 1 rings (SSSR count). The van der Waals surface area contributed by atoms with Crippen LogP contribution in [0.3, 0.4) is 0 Å². The van der Waals surface area contributed by atoms with E-state index >= 15 is 0 Å². The van der Waals surface area contributed by atoms with Gasteiger partial charge in [-0.3, -0.25) is 0 Å². The van der Waals surface area contributed by atoms with Gasteiger partial charge in [0.1, 0.15) is 0 Å². The maximum Gasteiger partial charge on any atom is 0.0630 e. The third kappa shape index (κ3) is 4.96. The van der Waals surface area contributed by atoms with Gasteiger partial charge in [0.15, 0.2) is 0 Å². The Morgan fingerprint density at radius 1 is 0.900 bits per heavy atom. The first-order valence-corrected chi connectivity index (χ1v) is 12.5. The lowest BCUT2D eigenvalue weighted by Gasteiger charge is -2.44. The van der Waals surface area contributed by atoms with E-state index in [9.17, 15) is 0 Å². The summed E-state index contributed by atoms with van der Waals surface area (Å²) in [6.45, 7) is 12.3. The second-order valence-electron chi connectivity index (χ2n) is 6.87. The molecule has 0 N–H and O–H groups in total. The molecular formula is C18H32SSi. The highest BCUT2D eigenvalue weighted by molar-refractivity contribution is 8.02. The second kappa shape index (κ2) is 8.28. The van der Waals surface area contributed by atoms with Crippen LogP contribution < -0.4 is 0 Å². The maximum absolute atomic E-state index is 2.56. The highest BCUT2D eigenvalue weighted by atomic mass is 32.2. The Balaban J connectivity index is 3.01. The van der Waals surface area contributed by atoms with E-state index in [0.29, 0.717) is 4.37 Å². The van der Waals surface area contributed by atoms with Crippen LogP contribution in [0.2, 0.25) is 19.6 Å². The van der Waals surface area contributed by atoms with Crippen molar-refractivity contribution in [2.24, 2.45) is 0 Å². The SMILES string of the molecule is CCCCC(CCCC)(Sc1ccccc1)[Si](C)(C)C. The summed E-state index contributed by atoms with van der Waals surface area (Å²) in [7, 11) is -1.23. The van der Waals surface area contributed by atoms with Crippen molar-refractivity contribution >= 4 is 19.8 Å². The van der Waals surface area contributed by atoms with Gasteiger partial charge >= 0.3 is 0 Å². The van der Waals surface area contributed by atoms with Gasteiger partial charge in [0.2, 0.25) is 0 Å². The smallest absolute Gasteiger partial charge is 0.0630 e. The van der Waals surface area contributed by atoms with E-state index in [-0.39, 0.29) is 0 Å². The monoisotopic (exact) mass is 308 g/mol. The number of thioether (sulfide) groups is 1. The zero-order chi connectivity index (χ0) is 15.1. The van der Waals surface area contributed by atoms with Gasteiger partial charge in [-0.05, 0) is 25.0 Å². The Labute approximate surface area is 131 Å². The fourth-order valence-electron chi connectivity index (χ4n) is 2.77. The van der Waals surface area contributed by atoms with Crippen LogP contribution in [0, 0.1) is 0 Å². The summed E-state index contributed by atoms with van der Waals surface area (Å²) in [6, 6.07) is 11.1. The predicted molar refractivity (Wildman–Crippen MR) is 97.4 cm³/mol. The molecule has 20 heavy (non-hydrogen) atoms. The van der Waals surface area contributed by atoms with Crippen molar-refractivity contribution in [2.45, 2.75) is 81.3 Å². The van der Waals surface area contributed by atoms with Crippen molar-refractivity contribution < 1.29 is 0 Å². The second-order valence-corrected chi connectivity index (χ2v) is 14.1. The highest BCUT2D eigenvalue weighted by Crippen LogP contribution is 2.47. The van der Waals surface area contributed by atoms with E-state index in [1.54, 1.807) is 0 Å². The van der Waals surface area contributed by atoms with E-state index in [4.69, 9.17) is 0 Å². The molecule has 0 bridgehead atoms. The average Bonchev–Trinajstić information content (AvgIpc) is 2.41. The lowest BCUT2D eigenvalue weighted by atomic mass is 10.1. The minimum Gasteiger partial charge on any atom is -0.123 e. The predicted octanol–water partition coefficient (Wildman–Crippen LogP) is 6.78. The lowest BCUT2D eigenvalue weighted by molar-refractivity contribution is 0.560. The molecule has 0 nitrogen and oxygen atoms in total. The van der Waals surface area contributed by atoms with Gasteiger partial charge in [-0.1, -0.05) is 77.4 Å². The van der Waals surface area contributed by atoms with Crippen LogP contribution in [0.1, 0.15) is 52.4 Å². The normalized spacial score (nSPS) is 12.7. The summed E-state index contributed by atoms with van der Waals surface area (Å²) in [5.74, 6) is 0. The Hall–Kier alpha value is -0.213. The summed E-state index contributed by atoms with van der Waals surface area (Å²) >= 11 is 2.18. The van der Waals surface area contributed by atoms with E-state index in [2.05, 4.69) is 75.6 Å². The zero-order valence-corrected chi connectivity index (χ0v) is 15.9. The Bertz CT molecular complexity index is 359. The Kier molecular flexibility index (Phi) is 7.39. The molecule has 0 saturated heterocycles. The molecule has 0 radical (unpaired) electrons. The van der Waals surface area contributed by atoms with E-state index in [1.807, 2.05) is 0 Å². The summed E-state index contributed by atoms with van der Waals surface area (Å²) in [6.07, 6.45) is 8.14. The van der Waals surface area contributed by atoms with Crippen LogP contribution in [0.5, 0.6) is 0 Å². The molecule has 0 aliphatic heterocycles. The van der Waals surface area contributed by atoms with Crippen LogP contribution in [-0.4, -0.2) is 12.4 Å². The standard InChI is InChI=1S/C18H32SSi/c1-6-8-15-18(16-9-7-2,20(3,4)5)19-17-13-11-10-12-14-17/h10-14H,6-9,15-16H2,1-5H3. The van der Waals surface area contributed by atoms with Gasteiger partial charge in [0.25, 0.3) is 0 Å². The summed E-state index contributed by atoms with van der Waals surface area (Å²) in [4.78, 5) is 1.46. The van der Waals surface area contributed by atoms with Gasteiger partial charge in [-0.15, -0.1) is 11.8 Å². The van der Waals surface area contributed by atoms with Crippen molar-refractivity contribution in [3.63, 3.8) is 0 Å². The first-order valence-electron chi connectivity index (χ1n) is 8.19. The molecule has 0 aromatic heterocycles. The van der Waals surface area contributed by atoms with Gasteiger partial charge in [-0.2, -0.15) is 0 Å². The molecule has 0 aliphatic carbocycles. The molecule has 0 fully saturated rings. The zero-order valence-electron chi connectivity index (χ0n) is 14.0. The largest absolute Gasteiger partial charge is 0.123 e. The topological polar surface area (TPSA) is 0 Å². The van der Waals surface area contributed by atoms with Crippen molar-refractivity contribution in [2.75, 3.05) is 0 Å². The number of benzene rings is 1. The average molecular weight is 309 g/mol. The van der Waals surface area contributed by atoms with Crippen LogP contribution in [0.4, 0.5) is 0 Å². The number of unbranched alkanes of at least 4 members (excludes halogenated alkanes) is 2.